The maximum absolute atomic E-state index is 13.3. The summed E-state index contributed by atoms with van der Waals surface area (Å²) < 4.78 is 0. The van der Waals surface area contributed by atoms with E-state index in [9.17, 15) is 14.7 Å². The smallest absolute Gasteiger partial charge is 0.625 e. The zero-order valence-corrected chi connectivity index (χ0v) is 20.5. The fourth-order valence-electron chi connectivity index (χ4n) is 4.22. The molecule has 7 heteroatoms. The molecule has 1 fully saturated rings. The van der Waals surface area contributed by atoms with Gasteiger partial charge in [0.25, 0.3) is 0 Å². The minimum absolute atomic E-state index is 0. The first kappa shape index (κ1) is 26.3. The number of hydrogen-bond acceptors (Lipinski definition) is 4. The summed E-state index contributed by atoms with van der Waals surface area (Å²) in [5, 5.41) is 14.0. The van der Waals surface area contributed by atoms with Crippen LogP contribution in [-0.2, 0) is 32.6 Å². The summed E-state index contributed by atoms with van der Waals surface area (Å²) in [7, 11) is 0. The number of benzene rings is 3. The van der Waals surface area contributed by atoms with E-state index in [0.29, 0.717) is 23.5 Å². The Kier molecular flexibility index (Phi) is 9.35. The first-order chi connectivity index (χ1) is 16.5. The van der Waals surface area contributed by atoms with Crippen LogP contribution in [0.5, 0.6) is 0 Å². The van der Waals surface area contributed by atoms with Gasteiger partial charge in [0.2, 0.25) is 0 Å². The van der Waals surface area contributed by atoms with Crippen LogP contribution in [0.3, 0.4) is 0 Å². The molecule has 3 aromatic carbocycles. The molecule has 2 atom stereocenters. The maximum Gasteiger partial charge on any atom is 2.00 e. The van der Waals surface area contributed by atoms with Crippen LogP contribution in [0.4, 0.5) is 5.69 Å². The second kappa shape index (κ2) is 12.4. The summed E-state index contributed by atoms with van der Waals surface area (Å²) in [6.45, 7) is 3.10. The van der Waals surface area contributed by atoms with E-state index < -0.39 is 12.0 Å². The van der Waals surface area contributed by atoms with E-state index in [1.54, 1.807) is 6.07 Å². The zero-order valence-electron chi connectivity index (χ0n) is 19.5. The van der Waals surface area contributed by atoms with Gasteiger partial charge in [-0.2, -0.15) is 0 Å². The number of rotatable bonds is 8. The van der Waals surface area contributed by atoms with Crippen molar-refractivity contribution in [2.45, 2.75) is 38.4 Å². The molecule has 1 aliphatic heterocycles. The van der Waals surface area contributed by atoms with Crippen molar-refractivity contribution >= 4 is 23.3 Å². The van der Waals surface area contributed by atoms with Crippen LogP contribution < -0.4 is 0 Å². The number of carbonyl (C=O) groups excluding carboxylic acids is 1. The molecular formula is C28H28N3NiO3+. The van der Waals surface area contributed by atoms with Crippen molar-refractivity contribution in [3.05, 3.63) is 107 Å². The number of aliphatic imine (C=N–C) groups is 1. The number of carbonyl (C=O) groups is 2. The van der Waals surface area contributed by atoms with Crippen molar-refractivity contribution in [2.24, 2.45) is 4.99 Å². The van der Waals surface area contributed by atoms with Gasteiger partial charge in [0.15, 0.2) is 0 Å². The largest absolute Gasteiger partial charge is 2.00 e. The van der Waals surface area contributed by atoms with Gasteiger partial charge in [-0.25, -0.2) is 4.79 Å². The van der Waals surface area contributed by atoms with E-state index in [4.69, 9.17) is 0 Å². The first-order valence-electron chi connectivity index (χ1n) is 11.5. The first-order valence-corrected chi connectivity index (χ1v) is 11.5. The number of amides is 1. The fourth-order valence-corrected chi connectivity index (χ4v) is 4.22. The third-order valence-corrected chi connectivity index (χ3v) is 5.99. The van der Waals surface area contributed by atoms with E-state index in [2.05, 4.69) is 27.3 Å². The average Bonchev–Trinajstić information content (AvgIpc) is 3.32. The normalized spacial score (nSPS) is 16.8. The Labute approximate surface area is 216 Å². The molecule has 0 spiro atoms. The molecule has 4 rings (SSSR count). The van der Waals surface area contributed by atoms with Gasteiger partial charge >= 0.3 is 22.5 Å². The molecule has 182 valence electrons. The molecule has 0 aromatic heterocycles. The van der Waals surface area contributed by atoms with Crippen molar-refractivity contribution in [1.29, 1.82) is 0 Å². The number of aliphatic carboxylic acids is 1. The molecule has 6 nitrogen and oxygen atoms in total. The monoisotopic (exact) mass is 512 g/mol. The number of likely N-dealkylation sites (tertiary alicyclic amines) is 1. The summed E-state index contributed by atoms with van der Waals surface area (Å²) in [6.07, 6.45) is 1.72. The van der Waals surface area contributed by atoms with Crippen LogP contribution in [0.25, 0.3) is 5.32 Å². The van der Waals surface area contributed by atoms with Gasteiger partial charge in [0.1, 0.15) is 6.04 Å². The molecule has 1 heterocycles. The molecule has 1 aliphatic rings. The Morgan fingerprint density at radius 2 is 1.63 bits per heavy atom. The van der Waals surface area contributed by atoms with Crippen LogP contribution in [0.15, 0.2) is 89.9 Å². The van der Waals surface area contributed by atoms with Gasteiger partial charge in [-0.15, -0.1) is 5.69 Å². The Hall–Kier alpha value is -3.28. The SMILES string of the molecule is C[C@H](N=C(c1ccccc1)c1ccccc1[N-]C(=O)[C@@H]1CCCN1Cc1ccccc1)C(=O)O.[Ni+2]. The van der Waals surface area contributed by atoms with E-state index >= 15 is 0 Å². The Balaban J connectivity index is 0.00000342. The van der Waals surface area contributed by atoms with Gasteiger partial charge in [0.05, 0.1) is 17.7 Å². The minimum atomic E-state index is -1.01. The zero-order chi connectivity index (χ0) is 23.9. The molecule has 0 saturated carbocycles. The standard InChI is InChI=1S/C28H29N3O3.Ni/c1-20(28(33)34)29-26(22-13-6-3-7-14-22)23-15-8-9-16-24(23)30-27(32)25-17-10-18-31(25)19-21-11-4-2-5-12-21;/h2-9,11-16,20,25H,10,17-19H2,1H3,(H2,29,30,32,33,34);/q;+2/p-1/t20-,25-;/m0./s1. The third-order valence-electron chi connectivity index (χ3n) is 5.99. The van der Waals surface area contributed by atoms with Crippen LogP contribution in [0, 0.1) is 0 Å². The molecule has 35 heavy (non-hydrogen) atoms. The molecule has 3 aromatic rings. The predicted octanol–water partition coefficient (Wildman–Crippen LogP) is 5.19. The van der Waals surface area contributed by atoms with Crippen molar-refractivity contribution in [3.8, 4) is 0 Å². The topological polar surface area (TPSA) is 84.1 Å². The summed E-state index contributed by atoms with van der Waals surface area (Å²) in [6, 6.07) is 25.6. The molecule has 0 bridgehead atoms. The van der Waals surface area contributed by atoms with E-state index in [0.717, 1.165) is 24.9 Å². The van der Waals surface area contributed by atoms with Crippen LogP contribution >= 0.6 is 0 Å². The molecule has 0 radical (unpaired) electrons. The predicted molar refractivity (Wildman–Crippen MR) is 134 cm³/mol. The van der Waals surface area contributed by atoms with Gasteiger partial charge < -0.3 is 15.2 Å². The van der Waals surface area contributed by atoms with Crippen LogP contribution in [0.2, 0.25) is 0 Å². The van der Waals surface area contributed by atoms with Crippen molar-refractivity contribution < 1.29 is 31.2 Å². The second-order valence-electron chi connectivity index (χ2n) is 8.44. The van der Waals surface area contributed by atoms with Crippen LogP contribution in [-0.4, -0.2) is 46.2 Å². The van der Waals surface area contributed by atoms with Crippen molar-refractivity contribution in [1.82, 2.24) is 4.90 Å². The molecule has 0 unspecified atom stereocenters. The number of carboxylic acid groups (broad SMARTS) is 1. The third kappa shape index (κ3) is 6.65. The van der Waals surface area contributed by atoms with Crippen molar-refractivity contribution in [3.63, 3.8) is 0 Å². The minimum Gasteiger partial charge on any atom is -0.625 e. The van der Waals surface area contributed by atoms with Crippen molar-refractivity contribution in [2.75, 3.05) is 6.54 Å². The number of nitrogens with zero attached hydrogens (tertiary/aromatic N) is 3. The summed E-state index contributed by atoms with van der Waals surface area (Å²) in [4.78, 5) is 31.5. The van der Waals surface area contributed by atoms with Gasteiger partial charge in [-0.3, -0.25) is 9.89 Å². The van der Waals surface area contributed by atoms with E-state index in [1.807, 2.05) is 66.7 Å². The molecular weight excluding hydrogens is 485 g/mol. The van der Waals surface area contributed by atoms with Crippen LogP contribution in [0.1, 0.15) is 36.5 Å². The maximum atomic E-state index is 13.3. The number of hydrogen-bond donors (Lipinski definition) is 1. The summed E-state index contributed by atoms with van der Waals surface area (Å²) >= 11 is 0. The molecule has 1 saturated heterocycles. The molecule has 1 amide bonds. The molecule has 1 N–H and O–H groups in total. The van der Waals surface area contributed by atoms with E-state index in [-0.39, 0.29) is 28.4 Å². The summed E-state index contributed by atoms with van der Waals surface area (Å²) in [5.74, 6) is -1.19. The number of carboxylic acids is 1. The van der Waals surface area contributed by atoms with E-state index in [1.165, 1.54) is 12.5 Å². The Morgan fingerprint density at radius 3 is 2.31 bits per heavy atom. The average molecular weight is 513 g/mol. The number of para-hydroxylation sites is 1. The van der Waals surface area contributed by atoms with Gasteiger partial charge in [0, 0.05) is 12.1 Å². The second-order valence-corrected chi connectivity index (χ2v) is 8.44. The molecule has 0 aliphatic carbocycles. The fraction of sp³-hybridized carbons (Fsp3) is 0.250. The van der Waals surface area contributed by atoms with Gasteiger partial charge in [-0.05, 0) is 37.4 Å². The Morgan fingerprint density at radius 1 is 1.00 bits per heavy atom. The quantitative estimate of drug-likeness (QED) is 0.332. The van der Waals surface area contributed by atoms with Gasteiger partial charge in [-0.1, -0.05) is 84.9 Å². The Bertz CT molecular complexity index is 1170. The summed E-state index contributed by atoms with van der Waals surface area (Å²) in [5.41, 5.74) is 3.60.